The minimum atomic E-state index is 0.604. The summed E-state index contributed by atoms with van der Waals surface area (Å²) < 4.78 is 0. The minimum absolute atomic E-state index is 0.604. The standard InChI is InChI=1S/C31H42/c1-3-5-7-9-11-26-12-14-28(15-13-26)16-17-29-20-24-31(25-21-29)30-22-18-27(19-23-30)10-8-6-4-2/h18-26,28H,3-15H2,1-2H3/t26-,28-. The number of rotatable bonds is 10. The molecular weight excluding hydrogens is 372 g/mol. The van der Waals surface area contributed by atoms with E-state index < -0.39 is 0 Å². The lowest BCUT2D eigenvalue weighted by molar-refractivity contribution is 0.294. The number of benzene rings is 2. The van der Waals surface area contributed by atoms with Crippen molar-refractivity contribution in [3.8, 4) is 23.0 Å². The summed E-state index contributed by atoms with van der Waals surface area (Å²) in [5.74, 6) is 8.60. The molecule has 0 atom stereocenters. The van der Waals surface area contributed by atoms with E-state index in [9.17, 15) is 0 Å². The quantitative estimate of drug-likeness (QED) is 0.268. The van der Waals surface area contributed by atoms with E-state index in [1.54, 1.807) is 0 Å². The van der Waals surface area contributed by atoms with Crippen molar-refractivity contribution >= 4 is 0 Å². The summed E-state index contributed by atoms with van der Waals surface area (Å²) in [5, 5.41) is 0. The highest BCUT2D eigenvalue weighted by Crippen LogP contribution is 2.32. The Hall–Kier alpha value is -2.00. The molecule has 1 aliphatic rings. The molecule has 2 aromatic rings. The Morgan fingerprint density at radius 3 is 1.94 bits per heavy atom. The molecule has 1 aliphatic carbocycles. The van der Waals surface area contributed by atoms with Crippen LogP contribution in [0.1, 0.15) is 102 Å². The first-order chi connectivity index (χ1) is 15.3. The van der Waals surface area contributed by atoms with E-state index in [-0.39, 0.29) is 0 Å². The van der Waals surface area contributed by atoms with Crippen molar-refractivity contribution in [2.75, 3.05) is 0 Å². The third-order valence-electron chi connectivity index (χ3n) is 6.97. The second-order valence-electron chi connectivity index (χ2n) is 9.57. The van der Waals surface area contributed by atoms with Gasteiger partial charge in [0.15, 0.2) is 0 Å². The molecule has 2 aromatic carbocycles. The first kappa shape index (κ1) is 23.7. The molecule has 0 aromatic heterocycles. The van der Waals surface area contributed by atoms with Crippen LogP contribution < -0.4 is 0 Å². The van der Waals surface area contributed by atoms with E-state index in [0.717, 1.165) is 11.5 Å². The van der Waals surface area contributed by atoms with E-state index in [4.69, 9.17) is 0 Å². The average molecular weight is 415 g/mol. The van der Waals surface area contributed by atoms with Crippen molar-refractivity contribution in [3.05, 3.63) is 59.7 Å². The first-order valence-electron chi connectivity index (χ1n) is 13.0. The summed E-state index contributed by atoms with van der Waals surface area (Å²) >= 11 is 0. The van der Waals surface area contributed by atoms with Gasteiger partial charge in [0.2, 0.25) is 0 Å². The summed E-state index contributed by atoms with van der Waals surface area (Å²) in [6.07, 6.45) is 17.5. The van der Waals surface area contributed by atoms with E-state index in [1.165, 1.54) is 100 Å². The third kappa shape index (κ3) is 8.22. The van der Waals surface area contributed by atoms with Gasteiger partial charge in [-0.1, -0.05) is 107 Å². The van der Waals surface area contributed by atoms with Gasteiger partial charge >= 0.3 is 0 Å². The molecule has 166 valence electrons. The van der Waals surface area contributed by atoms with Crippen molar-refractivity contribution in [1.29, 1.82) is 0 Å². The normalized spacial score (nSPS) is 18.4. The molecule has 0 unspecified atom stereocenters. The molecule has 0 radical (unpaired) electrons. The van der Waals surface area contributed by atoms with E-state index in [2.05, 4.69) is 74.2 Å². The molecule has 0 saturated heterocycles. The molecule has 0 nitrogen and oxygen atoms in total. The molecule has 0 aliphatic heterocycles. The average Bonchev–Trinajstić information content (AvgIpc) is 2.82. The third-order valence-corrected chi connectivity index (χ3v) is 6.97. The van der Waals surface area contributed by atoms with E-state index in [0.29, 0.717) is 5.92 Å². The van der Waals surface area contributed by atoms with Gasteiger partial charge in [-0.2, -0.15) is 0 Å². The highest BCUT2D eigenvalue weighted by Gasteiger charge is 2.19. The molecule has 0 heteroatoms. The second kappa shape index (κ2) is 13.4. The fourth-order valence-electron chi connectivity index (χ4n) is 4.83. The van der Waals surface area contributed by atoms with Crippen LogP contribution in [-0.4, -0.2) is 0 Å². The van der Waals surface area contributed by atoms with Gasteiger partial charge < -0.3 is 0 Å². The molecule has 1 fully saturated rings. The zero-order chi connectivity index (χ0) is 21.7. The van der Waals surface area contributed by atoms with Crippen molar-refractivity contribution in [1.82, 2.24) is 0 Å². The van der Waals surface area contributed by atoms with Crippen molar-refractivity contribution in [2.24, 2.45) is 11.8 Å². The lowest BCUT2D eigenvalue weighted by Crippen LogP contribution is -2.13. The number of hydrogen-bond donors (Lipinski definition) is 0. The Bertz CT molecular complexity index is 792. The van der Waals surface area contributed by atoms with Crippen LogP contribution in [0.3, 0.4) is 0 Å². The number of hydrogen-bond acceptors (Lipinski definition) is 0. The molecule has 0 bridgehead atoms. The van der Waals surface area contributed by atoms with Crippen LogP contribution in [0.2, 0.25) is 0 Å². The van der Waals surface area contributed by atoms with Crippen LogP contribution >= 0.6 is 0 Å². The monoisotopic (exact) mass is 414 g/mol. The van der Waals surface area contributed by atoms with Gasteiger partial charge in [-0.15, -0.1) is 0 Å². The predicted octanol–water partition coefficient (Wildman–Crippen LogP) is 9.21. The number of unbranched alkanes of at least 4 members (excludes halogenated alkanes) is 5. The van der Waals surface area contributed by atoms with Gasteiger partial charge in [0.05, 0.1) is 0 Å². The Kier molecular flexibility index (Phi) is 10.2. The van der Waals surface area contributed by atoms with Crippen molar-refractivity contribution in [3.63, 3.8) is 0 Å². The van der Waals surface area contributed by atoms with Crippen LogP contribution in [0.25, 0.3) is 11.1 Å². The fraction of sp³-hybridized carbons (Fsp3) is 0.548. The highest BCUT2D eigenvalue weighted by atomic mass is 14.2. The van der Waals surface area contributed by atoms with Gasteiger partial charge in [-0.3, -0.25) is 0 Å². The molecule has 3 rings (SSSR count). The van der Waals surface area contributed by atoms with Gasteiger partial charge in [-0.25, -0.2) is 0 Å². The van der Waals surface area contributed by atoms with Crippen LogP contribution in [0, 0.1) is 23.7 Å². The zero-order valence-electron chi connectivity index (χ0n) is 20.0. The Labute approximate surface area is 191 Å². The topological polar surface area (TPSA) is 0 Å². The summed E-state index contributed by atoms with van der Waals surface area (Å²) in [4.78, 5) is 0. The van der Waals surface area contributed by atoms with Gasteiger partial charge in [-0.05, 0) is 73.3 Å². The second-order valence-corrected chi connectivity index (χ2v) is 9.57. The molecule has 0 N–H and O–H groups in total. The fourth-order valence-corrected chi connectivity index (χ4v) is 4.83. The number of aryl methyl sites for hydroxylation is 1. The maximum absolute atomic E-state index is 3.58. The summed E-state index contributed by atoms with van der Waals surface area (Å²) in [6, 6.07) is 17.9. The Morgan fingerprint density at radius 1 is 0.677 bits per heavy atom. The minimum Gasteiger partial charge on any atom is -0.0945 e. The molecule has 1 saturated carbocycles. The summed E-state index contributed by atoms with van der Waals surface area (Å²) in [6.45, 7) is 4.56. The predicted molar refractivity (Wildman–Crippen MR) is 136 cm³/mol. The molecule has 0 heterocycles. The SMILES string of the molecule is CCCCCC[C@H]1CC[C@H](C#Cc2ccc(-c3ccc(CCCCC)cc3)cc2)CC1. The van der Waals surface area contributed by atoms with Crippen molar-refractivity contribution < 1.29 is 0 Å². The zero-order valence-corrected chi connectivity index (χ0v) is 20.0. The lowest BCUT2D eigenvalue weighted by Gasteiger charge is -2.25. The highest BCUT2D eigenvalue weighted by molar-refractivity contribution is 5.64. The maximum Gasteiger partial charge on any atom is 0.0245 e. The Morgan fingerprint density at radius 2 is 1.29 bits per heavy atom. The van der Waals surface area contributed by atoms with Gasteiger partial charge in [0.1, 0.15) is 0 Å². The largest absolute Gasteiger partial charge is 0.0945 e. The van der Waals surface area contributed by atoms with E-state index >= 15 is 0 Å². The van der Waals surface area contributed by atoms with Crippen LogP contribution in [-0.2, 0) is 6.42 Å². The van der Waals surface area contributed by atoms with Crippen LogP contribution in [0.4, 0.5) is 0 Å². The molecule has 31 heavy (non-hydrogen) atoms. The maximum atomic E-state index is 3.58. The summed E-state index contributed by atoms with van der Waals surface area (Å²) in [7, 11) is 0. The molecular formula is C31H42. The first-order valence-corrected chi connectivity index (χ1v) is 13.0. The van der Waals surface area contributed by atoms with Gasteiger partial charge in [0, 0.05) is 11.5 Å². The van der Waals surface area contributed by atoms with Crippen molar-refractivity contribution in [2.45, 2.75) is 97.3 Å². The van der Waals surface area contributed by atoms with Crippen LogP contribution in [0.15, 0.2) is 48.5 Å². The van der Waals surface area contributed by atoms with Gasteiger partial charge in [0.25, 0.3) is 0 Å². The molecule has 0 amide bonds. The lowest BCUT2D eigenvalue weighted by atomic mass is 9.80. The summed E-state index contributed by atoms with van der Waals surface area (Å²) in [5.41, 5.74) is 5.20. The Balaban J connectivity index is 1.46. The molecule has 0 spiro atoms. The smallest absolute Gasteiger partial charge is 0.0245 e. The van der Waals surface area contributed by atoms with Crippen LogP contribution in [0.5, 0.6) is 0 Å². The van der Waals surface area contributed by atoms with E-state index in [1.807, 2.05) is 0 Å².